The summed E-state index contributed by atoms with van der Waals surface area (Å²) in [7, 11) is 1.76. The topological polar surface area (TPSA) is 64.3 Å². The lowest BCUT2D eigenvalue weighted by Crippen LogP contribution is -2.17. The Morgan fingerprint density at radius 2 is 2.19 bits per heavy atom. The number of methoxy groups -OCH3 is 1. The predicted octanol–water partition coefficient (Wildman–Crippen LogP) is 3.64. The van der Waals surface area contributed by atoms with Crippen LogP contribution in [0.15, 0.2) is 0 Å². The first kappa shape index (κ1) is 14.9. The van der Waals surface area contributed by atoms with Crippen molar-refractivity contribution in [2.75, 3.05) is 31.3 Å². The minimum atomic E-state index is 0.0768. The number of hydrogen-bond acceptors (Lipinski definition) is 5. The van der Waals surface area contributed by atoms with Crippen LogP contribution >= 0.6 is 11.3 Å². The van der Waals surface area contributed by atoms with Gasteiger partial charge >= 0.3 is 0 Å². The van der Waals surface area contributed by atoms with E-state index >= 15 is 0 Å². The van der Waals surface area contributed by atoms with Crippen molar-refractivity contribution in [1.82, 2.24) is 0 Å². The van der Waals surface area contributed by atoms with Crippen LogP contribution in [-0.4, -0.2) is 26.0 Å². The third kappa shape index (κ3) is 3.09. The van der Waals surface area contributed by atoms with Gasteiger partial charge in [-0.15, -0.1) is 11.3 Å². The van der Waals surface area contributed by atoms with Crippen LogP contribution in [0.2, 0.25) is 0 Å². The molecule has 116 valence electrons. The fraction of sp³-hybridized carbons (Fsp3) is 0.688. The molecule has 2 aliphatic carbocycles. The van der Waals surface area contributed by atoms with Crippen molar-refractivity contribution < 1.29 is 9.53 Å². The van der Waals surface area contributed by atoms with Crippen LogP contribution in [0.4, 0.5) is 10.7 Å². The van der Waals surface area contributed by atoms with Crippen molar-refractivity contribution in [2.24, 2.45) is 5.41 Å². The Morgan fingerprint density at radius 3 is 2.71 bits per heavy atom. The number of ether oxygens (including phenoxy) is 1. The van der Waals surface area contributed by atoms with Crippen molar-refractivity contribution in [3.05, 3.63) is 10.4 Å². The molecule has 1 heterocycles. The molecule has 0 aliphatic heterocycles. The largest absolute Gasteiger partial charge is 0.397 e. The third-order valence-electron chi connectivity index (χ3n) is 4.71. The molecule has 0 saturated heterocycles. The van der Waals surface area contributed by atoms with Gasteiger partial charge in [-0.25, -0.2) is 0 Å². The highest BCUT2D eigenvalue weighted by atomic mass is 32.1. The first-order chi connectivity index (χ1) is 10.1. The standard InChI is InChI=1S/C16H24N2O2S/c1-10(19)14-13(17)12(11-3-4-11)15(21-14)18-9-16(5-6-16)7-8-20-2/h11,18H,3-9,17H2,1-2H3. The molecule has 2 aliphatic rings. The van der Waals surface area contributed by atoms with Gasteiger partial charge in [0.25, 0.3) is 0 Å². The first-order valence-corrected chi connectivity index (χ1v) is 8.54. The zero-order valence-electron chi connectivity index (χ0n) is 12.8. The molecule has 1 aromatic heterocycles. The number of anilines is 2. The van der Waals surface area contributed by atoms with Gasteiger partial charge in [0.15, 0.2) is 5.78 Å². The smallest absolute Gasteiger partial charge is 0.171 e. The molecule has 0 bridgehead atoms. The number of ketones is 1. The van der Waals surface area contributed by atoms with Gasteiger partial charge in [-0.05, 0) is 43.4 Å². The lowest BCUT2D eigenvalue weighted by atomic mass is 10.0. The molecule has 5 heteroatoms. The second-order valence-corrected chi connectivity index (χ2v) is 7.54. The number of nitrogens with two attached hydrogens (primary N) is 1. The minimum Gasteiger partial charge on any atom is -0.397 e. The van der Waals surface area contributed by atoms with Crippen molar-refractivity contribution >= 4 is 27.8 Å². The minimum absolute atomic E-state index is 0.0768. The van der Waals surface area contributed by atoms with Gasteiger partial charge in [0, 0.05) is 32.7 Å². The van der Waals surface area contributed by atoms with E-state index in [1.807, 2.05) is 0 Å². The number of rotatable bonds is 8. The monoisotopic (exact) mass is 308 g/mol. The number of Topliss-reactive ketones (excluding diaryl/α,β-unsaturated/α-hetero) is 1. The van der Waals surface area contributed by atoms with E-state index in [4.69, 9.17) is 10.5 Å². The number of thiophene rings is 1. The SMILES string of the molecule is COCCC1(CNc2sc(C(C)=O)c(N)c2C2CC2)CC1. The molecule has 2 fully saturated rings. The molecule has 4 nitrogen and oxygen atoms in total. The van der Waals surface area contributed by atoms with E-state index in [0.717, 1.165) is 35.1 Å². The van der Waals surface area contributed by atoms with Gasteiger partial charge in [0.05, 0.1) is 15.6 Å². The summed E-state index contributed by atoms with van der Waals surface area (Å²) in [5, 5.41) is 4.72. The zero-order chi connectivity index (χ0) is 15.0. The molecule has 0 radical (unpaired) electrons. The normalized spacial score (nSPS) is 19.5. The van der Waals surface area contributed by atoms with Crippen LogP contribution in [0.3, 0.4) is 0 Å². The molecule has 3 N–H and O–H groups in total. The molecule has 2 saturated carbocycles. The van der Waals surface area contributed by atoms with Gasteiger partial charge in [-0.2, -0.15) is 0 Å². The number of hydrogen-bond donors (Lipinski definition) is 2. The third-order valence-corrected chi connectivity index (χ3v) is 5.99. The van der Waals surface area contributed by atoms with Crippen molar-refractivity contribution in [3.63, 3.8) is 0 Å². The maximum Gasteiger partial charge on any atom is 0.171 e. The average Bonchev–Trinajstić information content (AvgIpc) is 3.36. The van der Waals surface area contributed by atoms with Crippen molar-refractivity contribution in [1.29, 1.82) is 0 Å². The molecule has 21 heavy (non-hydrogen) atoms. The summed E-state index contributed by atoms with van der Waals surface area (Å²) in [5.41, 5.74) is 8.53. The summed E-state index contributed by atoms with van der Waals surface area (Å²) < 4.78 is 5.21. The molecule has 0 unspecified atom stereocenters. The highest BCUT2D eigenvalue weighted by molar-refractivity contribution is 7.18. The number of nitrogens with one attached hydrogen (secondary N) is 1. The van der Waals surface area contributed by atoms with Crippen molar-refractivity contribution in [3.8, 4) is 0 Å². The molecule has 3 rings (SSSR count). The van der Waals surface area contributed by atoms with Crippen LogP contribution in [0.1, 0.15) is 60.2 Å². The highest BCUT2D eigenvalue weighted by Crippen LogP contribution is 2.53. The predicted molar refractivity (Wildman–Crippen MR) is 87.4 cm³/mol. The molecule has 0 amide bonds. The van der Waals surface area contributed by atoms with E-state index in [1.54, 1.807) is 14.0 Å². The highest BCUT2D eigenvalue weighted by Gasteiger charge is 2.42. The Labute approximate surface area is 130 Å². The number of carbonyl (C=O) groups is 1. The summed E-state index contributed by atoms with van der Waals surface area (Å²) in [4.78, 5) is 12.4. The van der Waals surface area contributed by atoms with Gasteiger partial charge in [0.2, 0.25) is 0 Å². The Bertz CT molecular complexity index is 545. The molecule has 0 aromatic carbocycles. The Hall–Kier alpha value is -1.07. The summed E-state index contributed by atoms with van der Waals surface area (Å²) in [6.45, 7) is 3.39. The Kier molecular flexibility index (Phi) is 3.97. The van der Waals surface area contributed by atoms with Gasteiger partial charge in [0.1, 0.15) is 0 Å². The van der Waals surface area contributed by atoms with E-state index in [9.17, 15) is 4.79 Å². The molecule has 0 atom stereocenters. The second-order valence-electron chi connectivity index (χ2n) is 6.51. The zero-order valence-corrected chi connectivity index (χ0v) is 13.6. The van der Waals surface area contributed by atoms with E-state index in [0.29, 0.717) is 11.3 Å². The first-order valence-electron chi connectivity index (χ1n) is 7.72. The molecule has 1 aromatic rings. The number of carbonyl (C=O) groups excluding carboxylic acids is 1. The summed E-state index contributed by atoms with van der Waals surface area (Å²) in [6, 6.07) is 0. The van der Waals surface area contributed by atoms with Crippen LogP contribution in [0, 0.1) is 5.41 Å². The quantitative estimate of drug-likeness (QED) is 0.720. The van der Waals surface area contributed by atoms with E-state index in [-0.39, 0.29) is 5.78 Å². The van der Waals surface area contributed by atoms with E-state index < -0.39 is 0 Å². The maximum absolute atomic E-state index is 11.7. The van der Waals surface area contributed by atoms with Gasteiger partial charge in [-0.1, -0.05) is 0 Å². The Balaban J connectivity index is 1.73. The van der Waals surface area contributed by atoms with Crippen LogP contribution in [-0.2, 0) is 4.74 Å². The summed E-state index contributed by atoms with van der Waals surface area (Å²) in [5.74, 6) is 0.638. The Morgan fingerprint density at radius 1 is 1.48 bits per heavy atom. The molecular formula is C16H24N2O2S. The lowest BCUT2D eigenvalue weighted by Gasteiger charge is -2.16. The van der Waals surface area contributed by atoms with Crippen LogP contribution in [0.25, 0.3) is 0 Å². The van der Waals surface area contributed by atoms with Crippen LogP contribution in [0.5, 0.6) is 0 Å². The second kappa shape index (κ2) is 5.61. The fourth-order valence-electron chi connectivity index (χ4n) is 2.91. The fourth-order valence-corrected chi connectivity index (χ4v) is 4.00. The summed E-state index contributed by atoms with van der Waals surface area (Å²) >= 11 is 1.54. The van der Waals surface area contributed by atoms with Crippen LogP contribution < -0.4 is 11.1 Å². The van der Waals surface area contributed by atoms with E-state index in [1.165, 1.54) is 42.6 Å². The van der Waals surface area contributed by atoms with Crippen molar-refractivity contribution in [2.45, 2.75) is 44.9 Å². The maximum atomic E-state index is 11.7. The van der Waals surface area contributed by atoms with E-state index in [2.05, 4.69) is 5.32 Å². The number of nitrogen functional groups attached to an aromatic ring is 1. The van der Waals surface area contributed by atoms with Gasteiger partial charge in [-0.3, -0.25) is 4.79 Å². The average molecular weight is 308 g/mol. The summed E-state index contributed by atoms with van der Waals surface area (Å²) in [6.07, 6.45) is 6.03. The molecule has 0 spiro atoms. The van der Waals surface area contributed by atoms with Gasteiger partial charge < -0.3 is 15.8 Å². The lowest BCUT2D eigenvalue weighted by molar-refractivity contribution is 0.102. The molecular weight excluding hydrogens is 284 g/mol.